The fourth-order valence-electron chi connectivity index (χ4n) is 4.68. The smallest absolute Gasteiger partial charge is 0.243 e. The second kappa shape index (κ2) is 9.91. The molecule has 0 N–H and O–H groups in total. The number of aryl methyl sites for hydroxylation is 3. The van der Waals surface area contributed by atoms with Gasteiger partial charge in [0.25, 0.3) is 0 Å². The first-order valence-electron chi connectivity index (χ1n) is 12.9. The number of aromatic nitrogens is 3. The zero-order chi connectivity index (χ0) is 27.1. The van der Waals surface area contributed by atoms with E-state index in [1.807, 2.05) is 81.4 Å². The summed E-state index contributed by atoms with van der Waals surface area (Å²) in [5.41, 5.74) is 6.02. The van der Waals surface area contributed by atoms with E-state index in [9.17, 15) is 8.42 Å². The van der Waals surface area contributed by atoms with E-state index in [1.165, 1.54) is 4.31 Å². The predicted octanol–water partition coefficient (Wildman–Crippen LogP) is 5.39. The molecule has 1 saturated heterocycles. The van der Waals surface area contributed by atoms with Crippen LogP contribution in [-0.2, 0) is 10.0 Å². The van der Waals surface area contributed by atoms with Gasteiger partial charge in [0.2, 0.25) is 27.1 Å². The van der Waals surface area contributed by atoms with Crippen LogP contribution in [0, 0.1) is 20.8 Å². The highest BCUT2D eigenvalue weighted by molar-refractivity contribution is 7.89. The van der Waals surface area contributed by atoms with Gasteiger partial charge in [-0.15, -0.1) is 0 Å². The van der Waals surface area contributed by atoms with Crippen LogP contribution in [0.1, 0.15) is 16.7 Å². The van der Waals surface area contributed by atoms with Crippen LogP contribution in [0.15, 0.2) is 82.1 Å². The first-order chi connectivity index (χ1) is 18.8. The Morgan fingerprint density at radius 2 is 1.21 bits per heavy atom. The Morgan fingerprint density at radius 3 is 1.79 bits per heavy atom. The van der Waals surface area contributed by atoms with Gasteiger partial charge < -0.3 is 9.32 Å². The van der Waals surface area contributed by atoms with Crippen molar-refractivity contribution < 1.29 is 12.8 Å². The van der Waals surface area contributed by atoms with Crippen molar-refractivity contribution in [2.45, 2.75) is 25.7 Å². The fourth-order valence-corrected chi connectivity index (χ4v) is 6.10. The van der Waals surface area contributed by atoms with Crippen LogP contribution in [0.3, 0.4) is 0 Å². The first kappa shape index (κ1) is 25.2. The van der Waals surface area contributed by atoms with E-state index >= 15 is 0 Å². The third kappa shape index (κ3) is 4.91. The molecule has 3 aromatic carbocycles. The number of rotatable bonds is 5. The topological polar surface area (TPSA) is 92.4 Å². The number of sulfonamides is 1. The van der Waals surface area contributed by atoms with E-state index in [0.717, 1.165) is 27.8 Å². The molecule has 2 aromatic heterocycles. The van der Waals surface area contributed by atoms with Crippen molar-refractivity contribution in [1.82, 2.24) is 19.3 Å². The molecule has 0 spiro atoms. The maximum absolute atomic E-state index is 13.3. The largest absolute Gasteiger partial charge is 0.430 e. The molecular formula is C30H29N5O3S. The van der Waals surface area contributed by atoms with Gasteiger partial charge in [0, 0.05) is 37.3 Å². The molecule has 198 valence electrons. The van der Waals surface area contributed by atoms with Crippen molar-refractivity contribution in [3.63, 3.8) is 0 Å². The van der Waals surface area contributed by atoms with Gasteiger partial charge in [-0.3, -0.25) is 0 Å². The molecule has 8 nitrogen and oxygen atoms in total. The Labute approximate surface area is 228 Å². The molecule has 39 heavy (non-hydrogen) atoms. The minimum absolute atomic E-state index is 0.311. The molecule has 0 unspecified atom stereocenters. The molecule has 1 fully saturated rings. The summed E-state index contributed by atoms with van der Waals surface area (Å²) in [5, 5.41) is 0. The quantitative estimate of drug-likeness (QED) is 0.296. The highest BCUT2D eigenvalue weighted by Gasteiger charge is 2.31. The highest BCUT2D eigenvalue weighted by Crippen LogP contribution is 2.33. The lowest BCUT2D eigenvalue weighted by Gasteiger charge is -2.34. The number of hydrogen-bond acceptors (Lipinski definition) is 7. The average molecular weight is 540 g/mol. The van der Waals surface area contributed by atoms with E-state index in [-0.39, 0.29) is 0 Å². The lowest BCUT2D eigenvalue weighted by Crippen LogP contribution is -2.49. The summed E-state index contributed by atoms with van der Waals surface area (Å²) < 4.78 is 34.3. The van der Waals surface area contributed by atoms with Gasteiger partial charge in [-0.25, -0.2) is 18.4 Å². The minimum Gasteiger partial charge on any atom is -0.430 e. The minimum atomic E-state index is -3.58. The summed E-state index contributed by atoms with van der Waals surface area (Å²) in [7, 11) is -3.58. The second-order valence-electron chi connectivity index (χ2n) is 9.98. The number of piperazine rings is 1. The van der Waals surface area contributed by atoms with Gasteiger partial charge in [0.15, 0.2) is 11.6 Å². The normalized spacial score (nSPS) is 14.7. The maximum atomic E-state index is 13.3. The summed E-state index contributed by atoms with van der Waals surface area (Å²) >= 11 is 0. The Balaban J connectivity index is 1.36. The van der Waals surface area contributed by atoms with E-state index in [2.05, 4.69) is 4.90 Å². The monoisotopic (exact) mass is 539 g/mol. The zero-order valence-electron chi connectivity index (χ0n) is 22.1. The molecular weight excluding hydrogens is 510 g/mol. The molecule has 0 amide bonds. The summed E-state index contributed by atoms with van der Waals surface area (Å²) in [6, 6.07) is 23.0. The van der Waals surface area contributed by atoms with E-state index in [1.54, 1.807) is 12.1 Å². The van der Waals surface area contributed by atoms with Gasteiger partial charge in [-0.1, -0.05) is 65.2 Å². The molecule has 0 atom stereocenters. The molecule has 5 aromatic rings. The van der Waals surface area contributed by atoms with Crippen molar-refractivity contribution >= 4 is 27.1 Å². The second-order valence-corrected chi connectivity index (χ2v) is 11.9. The third-order valence-electron chi connectivity index (χ3n) is 7.04. The number of fused-ring (bicyclic) bond motifs is 1. The molecule has 0 radical (unpaired) electrons. The molecule has 0 saturated carbocycles. The van der Waals surface area contributed by atoms with Crippen LogP contribution < -0.4 is 4.90 Å². The van der Waals surface area contributed by atoms with Crippen molar-refractivity contribution in [1.29, 1.82) is 0 Å². The predicted molar refractivity (Wildman–Crippen MR) is 152 cm³/mol. The summed E-state index contributed by atoms with van der Waals surface area (Å²) in [6.07, 6.45) is 0. The maximum Gasteiger partial charge on any atom is 0.243 e. The summed E-state index contributed by atoms with van der Waals surface area (Å²) in [6.45, 7) is 7.61. The van der Waals surface area contributed by atoms with Crippen molar-refractivity contribution in [3.05, 3.63) is 89.5 Å². The third-order valence-corrected chi connectivity index (χ3v) is 8.95. The molecule has 0 bridgehead atoms. The Kier molecular flexibility index (Phi) is 6.40. The highest BCUT2D eigenvalue weighted by atomic mass is 32.2. The van der Waals surface area contributed by atoms with Gasteiger partial charge in [0.05, 0.1) is 4.90 Å². The van der Waals surface area contributed by atoms with Crippen LogP contribution in [0.2, 0.25) is 0 Å². The van der Waals surface area contributed by atoms with Crippen molar-refractivity contribution in [3.8, 4) is 22.8 Å². The molecule has 6 rings (SSSR count). The standard InChI is InChI=1S/C30H29N5O3S/c1-20-4-10-23(11-5-20)27-31-28-26(38-30(33-28)24-12-6-21(2)7-13-24)29(32-27)34-16-18-35(19-17-34)39(36,37)25-14-8-22(3)9-15-25/h4-15H,16-19H2,1-3H3. The van der Waals surface area contributed by atoms with Gasteiger partial charge in [-0.05, 0) is 45.0 Å². The molecule has 1 aliphatic rings. The number of hydrogen-bond donors (Lipinski definition) is 0. The SMILES string of the molecule is Cc1ccc(-c2nc(N3CCN(S(=O)(=O)c4ccc(C)cc4)CC3)c3oc(-c4ccc(C)cc4)nc3n2)cc1. The van der Waals surface area contributed by atoms with Crippen molar-refractivity contribution in [2.75, 3.05) is 31.1 Å². The molecule has 9 heteroatoms. The summed E-state index contributed by atoms with van der Waals surface area (Å²) in [5.74, 6) is 1.65. The van der Waals surface area contributed by atoms with E-state index < -0.39 is 10.0 Å². The molecule has 1 aliphatic heterocycles. The Morgan fingerprint density at radius 1 is 0.667 bits per heavy atom. The van der Waals surface area contributed by atoms with Crippen LogP contribution in [0.5, 0.6) is 0 Å². The lowest BCUT2D eigenvalue weighted by atomic mass is 10.1. The number of benzene rings is 3. The Bertz CT molecular complexity index is 1740. The molecule has 3 heterocycles. The summed E-state index contributed by atoms with van der Waals surface area (Å²) in [4.78, 5) is 16.8. The van der Waals surface area contributed by atoms with Crippen molar-refractivity contribution in [2.24, 2.45) is 0 Å². The first-order valence-corrected chi connectivity index (χ1v) is 14.4. The van der Waals surface area contributed by atoms with Crippen LogP contribution in [0.4, 0.5) is 5.82 Å². The van der Waals surface area contributed by atoms with E-state index in [4.69, 9.17) is 19.4 Å². The van der Waals surface area contributed by atoms with Gasteiger partial charge in [0.1, 0.15) is 0 Å². The van der Waals surface area contributed by atoms with Crippen LogP contribution in [0.25, 0.3) is 34.1 Å². The number of nitrogens with zero attached hydrogens (tertiary/aromatic N) is 5. The number of anilines is 1. The van der Waals surface area contributed by atoms with Crippen LogP contribution >= 0.6 is 0 Å². The lowest BCUT2D eigenvalue weighted by molar-refractivity contribution is 0.383. The zero-order valence-corrected chi connectivity index (χ0v) is 22.9. The van der Waals surface area contributed by atoms with E-state index in [0.29, 0.717) is 59.8 Å². The van der Waals surface area contributed by atoms with Gasteiger partial charge in [-0.2, -0.15) is 9.29 Å². The number of oxazole rings is 1. The Hall–Kier alpha value is -4.08. The van der Waals surface area contributed by atoms with Crippen LogP contribution in [-0.4, -0.2) is 53.9 Å². The average Bonchev–Trinajstić information content (AvgIpc) is 3.38. The fraction of sp³-hybridized carbons (Fsp3) is 0.233. The molecule has 0 aliphatic carbocycles. The van der Waals surface area contributed by atoms with Gasteiger partial charge >= 0.3 is 0 Å².